The number of anilines is 1. The van der Waals surface area contributed by atoms with Gasteiger partial charge in [-0.05, 0) is 24.3 Å². The Labute approximate surface area is 145 Å². The van der Waals surface area contributed by atoms with Gasteiger partial charge in [0.2, 0.25) is 0 Å². The van der Waals surface area contributed by atoms with Crippen LogP contribution in [0.3, 0.4) is 0 Å². The van der Waals surface area contributed by atoms with Crippen LogP contribution in [0.4, 0.5) is 10.5 Å². The van der Waals surface area contributed by atoms with E-state index in [1.54, 1.807) is 13.2 Å². The number of amides is 1. The molecule has 0 aliphatic rings. The Bertz CT molecular complexity index is 999. The molecule has 0 aliphatic heterocycles. The summed E-state index contributed by atoms with van der Waals surface area (Å²) in [5.41, 5.74) is 3.67. The Morgan fingerprint density at radius 3 is 2.68 bits per heavy atom. The molecule has 0 unspecified atom stereocenters. The first-order valence-corrected chi connectivity index (χ1v) is 7.61. The predicted octanol–water partition coefficient (Wildman–Crippen LogP) is 3.90. The normalized spacial score (nSPS) is 10.3. The van der Waals surface area contributed by atoms with Gasteiger partial charge in [0.05, 0.1) is 31.0 Å². The fraction of sp³-hybridized carbons (Fsp3) is 0.158. The number of hydrogen-bond acceptors (Lipinski definition) is 4. The van der Waals surface area contributed by atoms with E-state index in [-0.39, 0.29) is 0 Å². The molecular formula is C19H17N3O3. The minimum atomic E-state index is -0.542. The van der Waals surface area contributed by atoms with Crippen LogP contribution in [-0.4, -0.2) is 24.9 Å². The highest BCUT2D eigenvalue weighted by atomic mass is 16.5. The van der Waals surface area contributed by atoms with Gasteiger partial charge in [0, 0.05) is 29.8 Å². The molecule has 0 radical (unpaired) electrons. The number of aromatic nitrogens is 1. The van der Waals surface area contributed by atoms with E-state index in [9.17, 15) is 10.1 Å². The molecule has 0 atom stereocenters. The van der Waals surface area contributed by atoms with E-state index in [1.807, 2.05) is 48.0 Å². The van der Waals surface area contributed by atoms with Gasteiger partial charge in [-0.1, -0.05) is 12.1 Å². The van der Waals surface area contributed by atoms with Crippen molar-refractivity contribution in [3.05, 3.63) is 48.0 Å². The zero-order valence-electron chi connectivity index (χ0n) is 14.2. The Morgan fingerprint density at radius 2 is 2.00 bits per heavy atom. The highest BCUT2D eigenvalue weighted by molar-refractivity contribution is 5.96. The molecule has 6 nitrogen and oxygen atoms in total. The second-order valence-corrected chi connectivity index (χ2v) is 5.47. The zero-order chi connectivity index (χ0) is 18.0. The van der Waals surface area contributed by atoms with Crippen molar-refractivity contribution < 1.29 is 14.3 Å². The first-order valence-electron chi connectivity index (χ1n) is 7.61. The molecule has 3 rings (SSSR count). The summed E-state index contributed by atoms with van der Waals surface area (Å²) in [4.78, 5) is 11.4. The molecule has 0 fully saturated rings. The van der Waals surface area contributed by atoms with Gasteiger partial charge in [-0.3, -0.25) is 5.32 Å². The monoisotopic (exact) mass is 335 g/mol. The third-order valence-corrected chi connectivity index (χ3v) is 4.09. The van der Waals surface area contributed by atoms with Crippen LogP contribution in [0.25, 0.3) is 22.2 Å². The average molecular weight is 335 g/mol. The van der Waals surface area contributed by atoms with Gasteiger partial charge in [0.15, 0.2) is 0 Å². The Kier molecular flexibility index (Phi) is 4.31. The van der Waals surface area contributed by atoms with Crippen LogP contribution in [0, 0.1) is 11.3 Å². The maximum Gasteiger partial charge on any atom is 0.411 e. The SMILES string of the molecule is COC(=O)Nc1cccc(-c2c(C#N)c3ccc(OC)cc3n2C)c1. The molecule has 0 bridgehead atoms. The van der Waals surface area contributed by atoms with Gasteiger partial charge >= 0.3 is 6.09 Å². The van der Waals surface area contributed by atoms with Gasteiger partial charge in [-0.15, -0.1) is 0 Å². The Morgan fingerprint density at radius 1 is 1.20 bits per heavy atom. The van der Waals surface area contributed by atoms with Crippen LogP contribution in [0.1, 0.15) is 5.56 Å². The highest BCUT2D eigenvalue weighted by Gasteiger charge is 2.17. The summed E-state index contributed by atoms with van der Waals surface area (Å²) < 4.78 is 11.9. The second kappa shape index (κ2) is 6.57. The standard InChI is InChI=1S/C19H17N3O3/c1-22-17-10-14(24-2)7-8-15(17)16(11-20)18(22)12-5-4-6-13(9-12)21-19(23)25-3/h4-10H,1-3H3,(H,21,23). The van der Waals surface area contributed by atoms with Crippen LogP contribution in [0.15, 0.2) is 42.5 Å². The van der Waals surface area contributed by atoms with E-state index in [0.29, 0.717) is 11.3 Å². The van der Waals surface area contributed by atoms with Crippen molar-refractivity contribution in [3.8, 4) is 23.1 Å². The lowest BCUT2D eigenvalue weighted by atomic mass is 10.1. The number of ether oxygens (including phenoxy) is 2. The maximum atomic E-state index is 11.4. The lowest BCUT2D eigenvalue weighted by molar-refractivity contribution is 0.187. The minimum absolute atomic E-state index is 0.542. The fourth-order valence-corrected chi connectivity index (χ4v) is 2.91. The number of nitrogens with zero attached hydrogens (tertiary/aromatic N) is 2. The maximum absolute atomic E-state index is 11.4. The topological polar surface area (TPSA) is 76.3 Å². The summed E-state index contributed by atoms with van der Waals surface area (Å²) in [6, 6.07) is 15.2. The molecule has 6 heteroatoms. The number of benzene rings is 2. The van der Waals surface area contributed by atoms with Crippen molar-refractivity contribution in [3.63, 3.8) is 0 Å². The number of carbonyl (C=O) groups is 1. The first-order chi connectivity index (χ1) is 12.1. The molecule has 0 saturated heterocycles. The zero-order valence-corrected chi connectivity index (χ0v) is 14.2. The first kappa shape index (κ1) is 16.4. The molecule has 1 amide bonds. The van der Waals surface area contributed by atoms with Gasteiger partial charge in [0.25, 0.3) is 0 Å². The lowest BCUT2D eigenvalue weighted by Gasteiger charge is -2.09. The fourth-order valence-electron chi connectivity index (χ4n) is 2.91. The number of fused-ring (bicyclic) bond motifs is 1. The van der Waals surface area contributed by atoms with Crippen molar-refractivity contribution in [1.82, 2.24) is 4.57 Å². The van der Waals surface area contributed by atoms with E-state index in [1.165, 1.54) is 7.11 Å². The number of nitrogens with one attached hydrogen (secondary N) is 1. The summed E-state index contributed by atoms with van der Waals surface area (Å²) >= 11 is 0. The Hall–Kier alpha value is -3.46. The van der Waals surface area contributed by atoms with Crippen molar-refractivity contribution in [2.24, 2.45) is 7.05 Å². The number of carbonyl (C=O) groups excluding carboxylic acids is 1. The van der Waals surface area contributed by atoms with E-state index in [0.717, 1.165) is 27.9 Å². The van der Waals surface area contributed by atoms with Gasteiger partial charge in [0.1, 0.15) is 11.8 Å². The van der Waals surface area contributed by atoms with E-state index in [2.05, 4.69) is 16.1 Å². The predicted molar refractivity (Wildman–Crippen MR) is 95.6 cm³/mol. The number of aryl methyl sites for hydroxylation is 1. The molecule has 126 valence electrons. The summed E-state index contributed by atoms with van der Waals surface area (Å²) in [7, 11) is 4.82. The van der Waals surface area contributed by atoms with Crippen molar-refractivity contribution in [2.75, 3.05) is 19.5 Å². The van der Waals surface area contributed by atoms with Crippen molar-refractivity contribution in [1.29, 1.82) is 5.26 Å². The van der Waals surface area contributed by atoms with Gasteiger partial charge in [-0.25, -0.2) is 4.79 Å². The number of methoxy groups -OCH3 is 2. The summed E-state index contributed by atoms with van der Waals surface area (Å²) in [6.07, 6.45) is -0.542. The van der Waals surface area contributed by atoms with Crippen molar-refractivity contribution in [2.45, 2.75) is 0 Å². The lowest BCUT2D eigenvalue weighted by Crippen LogP contribution is -2.10. The molecule has 0 spiro atoms. The summed E-state index contributed by atoms with van der Waals surface area (Å²) in [5.74, 6) is 0.727. The number of nitriles is 1. The van der Waals surface area contributed by atoms with Crippen LogP contribution < -0.4 is 10.1 Å². The largest absolute Gasteiger partial charge is 0.497 e. The number of rotatable bonds is 3. The van der Waals surface area contributed by atoms with Crippen LogP contribution in [0.2, 0.25) is 0 Å². The molecule has 1 N–H and O–H groups in total. The third-order valence-electron chi connectivity index (χ3n) is 4.09. The van der Waals surface area contributed by atoms with E-state index < -0.39 is 6.09 Å². The Balaban J connectivity index is 2.19. The molecular weight excluding hydrogens is 318 g/mol. The highest BCUT2D eigenvalue weighted by Crippen LogP contribution is 2.35. The molecule has 0 aliphatic carbocycles. The second-order valence-electron chi connectivity index (χ2n) is 5.47. The quantitative estimate of drug-likeness (QED) is 0.787. The average Bonchev–Trinajstić information content (AvgIpc) is 2.93. The molecule has 1 heterocycles. The van der Waals surface area contributed by atoms with Crippen LogP contribution in [0.5, 0.6) is 5.75 Å². The molecule has 25 heavy (non-hydrogen) atoms. The van der Waals surface area contributed by atoms with E-state index in [4.69, 9.17) is 4.74 Å². The smallest absolute Gasteiger partial charge is 0.411 e. The van der Waals surface area contributed by atoms with Gasteiger partial charge in [-0.2, -0.15) is 5.26 Å². The van der Waals surface area contributed by atoms with Crippen LogP contribution >= 0.6 is 0 Å². The molecule has 2 aromatic carbocycles. The molecule has 1 aromatic heterocycles. The summed E-state index contributed by atoms with van der Waals surface area (Å²) in [6.45, 7) is 0. The van der Waals surface area contributed by atoms with E-state index >= 15 is 0 Å². The molecule has 0 saturated carbocycles. The number of hydrogen-bond donors (Lipinski definition) is 1. The third kappa shape index (κ3) is 2.88. The van der Waals surface area contributed by atoms with Crippen molar-refractivity contribution >= 4 is 22.7 Å². The van der Waals surface area contributed by atoms with Gasteiger partial charge < -0.3 is 14.0 Å². The minimum Gasteiger partial charge on any atom is -0.497 e. The summed E-state index contributed by atoms with van der Waals surface area (Å²) in [5, 5.41) is 13.2. The van der Waals surface area contributed by atoms with Crippen LogP contribution in [-0.2, 0) is 11.8 Å². The molecule has 3 aromatic rings.